The van der Waals surface area contributed by atoms with Gasteiger partial charge in [-0.15, -0.1) is 23.1 Å². The first-order valence-electron chi connectivity index (χ1n) is 11.0. The highest BCUT2D eigenvalue weighted by Crippen LogP contribution is 2.36. The molecule has 9 heteroatoms. The van der Waals surface area contributed by atoms with E-state index in [-0.39, 0.29) is 12.0 Å². The number of thioether (sulfide) groups is 1. The third-order valence-corrected chi connectivity index (χ3v) is 7.29. The van der Waals surface area contributed by atoms with Gasteiger partial charge in [-0.25, -0.2) is 14.8 Å². The maximum absolute atomic E-state index is 12.7. The summed E-state index contributed by atoms with van der Waals surface area (Å²) in [6, 6.07) is 12.4. The second-order valence-corrected chi connectivity index (χ2v) is 10.9. The fraction of sp³-hybridized carbons (Fsp3) is 0.417. The number of fused-ring (bicyclic) bond motifs is 1. The minimum Gasteiger partial charge on any atom is -0.444 e. The molecule has 4 rings (SSSR count). The maximum Gasteiger partial charge on any atom is 0.410 e. The lowest BCUT2D eigenvalue weighted by Crippen LogP contribution is -2.51. The molecule has 0 unspecified atom stereocenters. The molecule has 0 saturated carbocycles. The molecule has 0 spiro atoms. The number of carbonyl (C=O) groups excluding carboxylic acids is 2. The van der Waals surface area contributed by atoms with Crippen molar-refractivity contribution in [3.05, 3.63) is 42.7 Å². The van der Waals surface area contributed by atoms with Gasteiger partial charge in [0, 0.05) is 48.6 Å². The van der Waals surface area contributed by atoms with Gasteiger partial charge in [0.25, 0.3) is 0 Å². The van der Waals surface area contributed by atoms with Crippen molar-refractivity contribution in [2.24, 2.45) is 0 Å². The van der Waals surface area contributed by atoms with Crippen LogP contribution in [-0.2, 0) is 9.53 Å². The van der Waals surface area contributed by atoms with E-state index in [1.807, 2.05) is 43.9 Å². The lowest BCUT2D eigenvalue weighted by atomic mass is 10.2. The van der Waals surface area contributed by atoms with Crippen molar-refractivity contribution in [2.45, 2.75) is 37.8 Å². The van der Waals surface area contributed by atoms with Gasteiger partial charge in [-0.3, -0.25) is 4.79 Å². The van der Waals surface area contributed by atoms with Crippen LogP contribution in [0.15, 0.2) is 47.8 Å². The van der Waals surface area contributed by atoms with E-state index < -0.39 is 5.60 Å². The quantitative estimate of drug-likeness (QED) is 0.378. The van der Waals surface area contributed by atoms with Gasteiger partial charge in [0.2, 0.25) is 5.91 Å². The largest absolute Gasteiger partial charge is 0.444 e. The molecule has 174 valence electrons. The molecule has 2 amide bonds. The first-order chi connectivity index (χ1) is 15.8. The van der Waals surface area contributed by atoms with Crippen molar-refractivity contribution >= 4 is 45.3 Å². The van der Waals surface area contributed by atoms with Crippen molar-refractivity contribution in [1.82, 2.24) is 19.8 Å². The van der Waals surface area contributed by atoms with Crippen LogP contribution in [0.4, 0.5) is 4.79 Å². The first kappa shape index (κ1) is 23.5. The summed E-state index contributed by atoms with van der Waals surface area (Å²) in [5.41, 5.74) is 0.648. The number of amides is 2. The molecule has 1 aromatic carbocycles. The summed E-state index contributed by atoms with van der Waals surface area (Å²) in [6.45, 7) is 7.62. The highest BCUT2D eigenvalue weighted by atomic mass is 32.2. The molecule has 1 fully saturated rings. The second-order valence-electron chi connectivity index (χ2n) is 8.82. The molecule has 1 aliphatic heterocycles. The highest BCUT2D eigenvalue weighted by molar-refractivity contribution is 7.99. The van der Waals surface area contributed by atoms with Crippen LogP contribution in [-0.4, -0.2) is 69.3 Å². The Balaban J connectivity index is 1.30. The minimum absolute atomic E-state index is 0.104. The molecule has 0 atom stereocenters. The number of hydrogen-bond acceptors (Lipinski definition) is 7. The molecule has 33 heavy (non-hydrogen) atoms. The Morgan fingerprint density at radius 2 is 1.76 bits per heavy atom. The predicted octanol–water partition coefficient (Wildman–Crippen LogP) is 4.92. The molecule has 7 nitrogen and oxygen atoms in total. The molecule has 3 heterocycles. The van der Waals surface area contributed by atoms with Crippen molar-refractivity contribution in [3.63, 3.8) is 0 Å². The van der Waals surface area contributed by atoms with Gasteiger partial charge in [-0.05, 0) is 32.4 Å². The topological polar surface area (TPSA) is 75.6 Å². The van der Waals surface area contributed by atoms with Gasteiger partial charge in [0.1, 0.15) is 21.8 Å². The Bertz CT molecular complexity index is 1120. The molecule has 3 aromatic rings. The minimum atomic E-state index is -0.516. The Morgan fingerprint density at radius 1 is 1.06 bits per heavy atom. The molecule has 1 saturated heterocycles. The molecule has 1 aliphatic rings. The van der Waals surface area contributed by atoms with Gasteiger partial charge in [-0.2, -0.15) is 0 Å². The molecule has 0 N–H and O–H groups in total. The summed E-state index contributed by atoms with van der Waals surface area (Å²) in [7, 11) is 0. The fourth-order valence-corrected chi connectivity index (χ4v) is 5.52. The number of carbonyl (C=O) groups is 2. The van der Waals surface area contributed by atoms with Crippen LogP contribution < -0.4 is 0 Å². The van der Waals surface area contributed by atoms with Crippen LogP contribution in [0.3, 0.4) is 0 Å². The molecular formula is C24H28N4O3S2. The Hall–Kier alpha value is -2.65. The standard InChI is InChI=1S/C24H28N4O3S2/c1-24(2,3)31-23(30)28-12-10-27(11-13-28)20(29)9-14-32-21-18-15-19(17-7-5-4-6-8-17)33-22(18)26-16-25-21/h4-8,15-16H,9-14H2,1-3H3. The summed E-state index contributed by atoms with van der Waals surface area (Å²) < 4.78 is 5.42. The Kier molecular flexibility index (Phi) is 7.19. The third-order valence-electron chi connectivity index (χ3n) is 5.19. The van der Waals surface area contributed by atoms with Crippen molar-refractivity contribution in [1.29, 1.82) is 0 Å². The average molecular weight is 485 g/mol. The van der Waals surface area contributed by atoms with Crippen LogP contribution in [0.5, 0.6) is 0 Å². The van der Waals surface area contributed by atoms with Crippen LogP contribution in [0, 0.1) is 0 Å². The van der Waals surface area contributed by atoms with Crippen molar-refractivity contribution in [2.75, 3.05) is 31.9 Å². The summed E-state index contributed by atoms with van der Waals surface area (Å²) in [5.74, 6) is 0.750. The van der Waals surface area contributed by atoms with Crippen LogP contribution >= 0.6 is 23.1 Å². The number of hydrogen-bond donors (Lipinski definition) is 0. The highest BCUT2D eigenvalue weighted by Gasteiger charge is 2.27. The fourth-order valence-electron chi connectivity index (χ4n) is 3.55. The van der Waals surface area contributed by atoms with E-state index in [4.69, 9.17) is 4.74 Å². The zero-order valence-corrected chi connectivity index (χ0v) is 20.7. The number of rotatable bonds is 5. The average Bonchev–Trinajstić information content (AvgIpc) is 3.24. The normalized spacial score (nSPS) is 14.5. The van der Waals surface area contributed by atoms with Crippen LogP contribution in [0.2, 0.25) is 0 Å². The predicted molar refractivity (Wildman–Crippen MR) is 133 cm³/mol. The van der Waals surface area contributed by atoms with E-state index in [1.54, 1.807) is 34.3 Å². The molecule has 0 bridgehead atoms. The van der Waals surface area contributed by atoms with Gasteiger partial charge < -0.3 is 14.5 Å². The molecule has 0 aliphatic carbocycles. The van der Waals surface area contributed by atoms with E-state index >= 15 is 0 Å². The lowest BCUT2D eigenvalue weighted by Gasteiger charge is -2.35. The number of ether oxygens (including phenoxy) is 1. The van der Waals surface area contributed by atoms with Crippen LogP contribution in [0.25, 0.3) is 20.7 Å². The number of nitrogens with zero attached hydrogens (tertiary/aromatic N) is 4. The van der Waals surface area contributed by atoms with Crippen molar-refractivity contribution < 1.29 is 14.3 Å². The van der Waals surface area contributed by atoms with Crippen molar-refractivity contribution in [3.8, 4) is 10.4 Å². The molecule has 0 radical (unpaired) electrons. The maximum atomic E-state index is 12.7. The Labute approximate surface area is 202 Å². The zero-order chi connectivity index (χ0) is 23.4. The summed E-state index contributed by atoms with van der Waals surface area (Å²) >= 11 is 3.24. The van der Waals surface area contributed by atoms with Crippen LogP contribution in [0.1, 0.15) is 27.2 Å². The van der Waals surface area contributed by atoms with E-state index in [9.17, 15) is 9.59 Å². The SMILES string of the molecule is CC(C)(C)OC(=O)N1CCN(C(=O)CCSc2ncnc3sc(-c4ccccc4)cc23)CC1. The number of benzene rings is 1. The van der Waals surface area contributed by atoms with E-state index in [1.165, 1.54) is 0 Å². The molecular weight excluding hydrogens is 456 g/mol. The van der Waals surface area contributed by atoms with Gasteiger partial charge in [0.15, 0.2) is 0 Å². The molecule has 2 aromatic heterocycles. The Morgan fingerprint density at radius 3 is 2.45 bits per heavy atom. The van der Waals surface area contributed by atoms with Gasteiger partial charge >= 0.3 is 6.09 Å². The number of thiophene rings is 1. The first-order valence-corrected chi connectivity index (χ1v) is 12.8. The van der Waals surface area contributed by atoms with Gasteiger partial charge in [-0.1, -0.05) is 30.3 Å². The third kappa shape index (κ3) is 6.03. The summed E-state index contributed by atoms with van der Waals surface area (Å²) in [6.07, 6.45) is 1.70. The number of aromatic nitrogens is 2. The van der Waals surface area contributed by atoms with Gasteiger partial charge in [0.05, 0.1) is 0 Å². The zero-order valence-electron chi connectivity index (χ0n) is 19.1. The monoisotopic (exact) mass is 484 g/mol. The summed E-state index contributed by atoms with van der Waals surface area (Å²) in [5, 5.41) is 1.94. The van der Waals surface area contributed by atoms with E-state index in [2.05, 4.69) is 28.2 Å². The number of piperazine rings is 1. The smallest absolute Gasteiger partial charge is 0.410 e. The van der Waals surface area contributed by atoms with E-state index in [0.717, 1.165) is 25.7 Å². The summed E-state index contributed by atoms with van der Waals surface area (Å²) in [4.78, 5) is 39.4. The van der Waals surface area contributed by atoms with E-state index in [0.29, 0.717) is 38.4 Å². The lowest BCUT2D eigenvalue weighted by molar-refractivity contribution is -0.132. The second kappa shape index (κ2) is 10.1.